The zero-order valence-corrected chi connectivity index (χ0v) is 14.6. The van der Waals surface area contributed by atoms with Crippen molar-refractivity contribution in [2.24, 2.45) is 0 Å². The van der Waals surface area contributed by atoms with Crippen LogP contribution in [0.4, 0.5) is 0 Å². The van der Waals surface area contributed by atoms with Gasteiger partial charge in [0.25, 0.3) is 0 Å². The van der Waals surface area contributed by atoms with E-state index in [1.807, 2.05) is 11.3 Å². The van der Waals surface area contributed by atoms with Gasteiger partial charge in [-0.3, -0.25) is 4.40 Å². The Morgan fingerprint density at radius 2 is 2.00 bits per heavy atom. The van der Waals surface area contributed by atoms with Crippen molar-refractivity contribution in [1.29, 1.82) is 0 Å². The van der Waals surface area contributed by atoms with Gasteiger partial charge in [0.1, 0.15) is 4.88 Å². The maximum Gasteiger partial charge on any atom is 0.347 e. The number of fused-ring (bicyclic) bond motifs is 1. The largest absolute Gasteiger partial charge is 0.477 e. The van der Waals surface area contributed by atoms with Crippen LogP contribution in [0.1, 0.15) is 45.5 Å². The first kappa shape index (κ1) is 15.7. The zero-order valence-electron chi connectivity index (χ0n) is 13.8. The minimum absolute atomic E-state index is 0.407. The summed E-state index contributed by atoms with van der Waals surface area (Å²) in [5.74, 6) is -0.865. The van der Waals surface area contributed by atoms with Crippen LogP contribution in [0, 0.1) is 20.8 Å². The number of hydrogen-bond donors (Lipinski definition) is 1. The second-order valence-corrected chi connectivity index (χ2v) is 6.87. The van der Waals surface area contributed by atoms with E-state index in [1.54, 1.807) is 0 Å². The van der Waals surface area contributed by atoms with Gasteiger partial charge in [0.2, 0.25) is 0 Å². The molecule has 0 atom stereocenters. The summed E-state index contributed by atoms with van der Waals surface area (Å²) in [6.45, 7) is 8.27. The van der Waals surface area contributed by atoms with E-state index in [2.05, 4.69) is 39.0 Å². The number of carboxylic acids is 1. The predicted octanol–water partition coefficient (Wildman–Crippen LogP) is 4.64. The number of carboxylic acid groups (broad SMARTS) is 1. The topological polar surface area (TPSA) is 54.6 Å². The SMILES string of the molecule is CCCc1c(C(=O)O)sc2nc(-c3ccc(C)c(C)c3)c(C)n12. The number of carbonyl (C=O) groups is 1. The smallest absolute Gasteiger partial charge is 0.347 e. The molecule has 2 aromatic heterocycles. The third-order valence-corrected chi connectivity index (χ3v) is 5.33. The van der Waals surface area contributed by atoms with E-state index in [9.17, 15) is 9.90 Å². The van der Waals surface area contributed by atoms with E-state index in [1.165, 1.54) is 22.5 Å². The first-order valence-corrected chi connectivity index (χ1v) is 8.57. The van der Waals surface area contributed by atoms with Crippen LogP contribution in [0.5, 0.6) is 0 Å². The molecule has 2 heterocycles. The molecule has 1 aromatic carbocycles. The molecule has 0 fully saturated rings. The molecule has 0 unspecified atom stereocenters. The van der Waals surface area contributed by atoms with E-state index in [4.69, 9.17) is 4.98 Å². The lowest BCUT2D eigenvalue weighted by atomic mass is 10.0. The van der Waals surface area contributed by atoms with Crippen molar-refractivity contribution in [2.75, 3.05) is 0 Å². The summed E-state index contributed by atoms with van der Waals surface area (Å²) in [5, 5.41) is 9.43. The molecule has 3 aromatic rings. The number of thiazole rings is 1. The fourth-order valence-electron chi connectivity index (χ4n) is 2.91. The van der Waals surface area contributed by atoms with Gasteiger partial charge in [-0.05, 0) is 44.4 Å². The van der Waals surface area contributed by atoms with Crippen LogP contribution in [0.15, 0.2) is 18.2 Å². The Bertz CT molecular complexity index is 906. The highest BCUT2D eigenvalue weighted by Gasteiger charge is 2.22. The fraction of sp³-hybridized carbons (Fsp3) is 0.333. The molecule has 0 spiro atoms. The lowest BCUT2D eigenvalue weighted by Crippen LogP contribution is -2.02. The highest BCUT2D eigenvalue weighted by Crippen LogP contribution is 2.32. The average Bonchev–Trinajstić information content (AvgIpc) is 3.01. The lowest BCUT2D eigenvalue weighted by molar-refractivity contribution is 0.0700. The summed E-state index contributed by atoms with van der Waals surface area (Å²) in [4.78, 5) is 17.4. The summed E-state index contributed by atoms with van der Waals surface area (Å²) in [5.41, 5.74) is 6.38. The summed E-state index contributed by atoms with van der Waals surface area (Å²) in [6.07, 6.45) is 1.65. The minimum atomic E-state index is -0.865. The standard InChI is InChI=1S/C18H20N2O2S/c1-5-6-14-16(17(21)22)23-18-19-15(12(4)20(14)18)13-8-7-10(2)11(3)9-13/h7-9H,5-6H2,1-4H3,(H,21,22). The van der Waals surface area contributed by atoms with Gasteiger partial charge in [-0.15, -0.1) is 0 Å². The number of imidazole rings is 1. The Hall–Kier alpha value is -2.14. The molecule has 120 valence electrons. The molecule has 0 radical (unpaired) electrons. The minimum Gasteiger partial charge on any atom is -0.477 e. The number of aromatic carboxylic acids is 1. The number of benzene rings is 1. The number of aromatic nitrogens is 2. The summed E-state index contributed by atoms with van der Waals surface area (Å²) in [6, 6.07) is 6.33. The molecule has 0 aliphatic rings. The number of rotatable bonds is 4. The third kappa shape index (κ3) is 2.55. The molecule has 0 aliphatic carbocycles. The maximum atomic E-state index is 11.5. The van der Waals surface area contributed by atoms with Crippen molar-refractivity contribution >= 4 is 22.3 Å². The van der Waals surface area contributed by atoms with Crippen molar-refractivity contribution in [1.82, 2.24) is 9.38 Å². The van der Waals surface area contributed by atoms with Gasteiger partial charge in [-0.2, -0.15) is 0 Å². The Kier molecular flexibility index (Phi) is 3.98. The van der Waals surface area contributed by atoms with Crippen LogP contribution >= 0.6 is 11.3 Å². The molecule has 1 N–H and O–H groups in total. The van der Waals surface area contributed by atoms with Gasteiger partial charge in [0.15, 0.2) is 4.96 Å². The molecule has 0 aliphatic heterocycles. The molecule has 23 heavy (non-hydrogen) atoms. The first-order chi connectivity index (χ1) is 10.9. The number of hydrogen-bond acceptors (Lipinski definition) is 3. The molecule has 0 bridgehead atoms. The average molecular weight is 328 g/mol. The summed E-state index contributed by atoms with van der Waals surface area (Å²) < 4.78 is 2.02. The van der Waals surface area contributed by atoms with Gasteiger partial charge in [-0.25, -0.2) is 9.78 Å². The monoisotopic (exact) mass is 328 g/mol. The van der Waals surface area contributed by atoms with E-state index >= 15 is 0 Å². The molecular weight excluding hydrogens is 308 g/mol. The van der Waals surface area contributed by atoms with Crippen LogP contribution in [-0.4, -0.2) is 20.5 Å². The van der Waals surface area contributed by atoms with Crippen LogP contribution in [-0.2, 0) is 6.42 Å². The number of nitrogens with zero attached hydrogens (tertiary/aromatic N) is 2. The van der Waals surface area contributed by atoms with Crippen LogP contribution in [0.2, 0.25) is 0 Å². The molecule has 0 saturated heterocycles. The summed E-state index contributed by atoms with van der Waals surface area (Å²) in [7, 11) is 0. The van der Waals surface area contributed by atoms with Gasteiger partial charge in [0.05, 0.1) is 5.69 Å². The Labute approximate surface area is 139 Å². The normalized spacial score (nSPS) is 11.3. The maximum absolute atomic E-state index is 11.5. The van der Waals surface area contributed by atoms with E-state index in [-0.39, 0.29) is 0 Å². The highest BCUT2D eigenvalue weighted by atomic mass is 32.1. The van der Waals surface area contributed by atoms with Crippen LogP contribution in [0.3, 0.4) is 0 Å². The van der Waals surface area contributed by atoms with Crippen molar-refractivity contribution in [3.63, 3.8) is 0 Å². The van der Waals surface area contributed by atoms with Crippen LogP contribution < -0.4 is 0 Å². The molecule has 4 nitrogen and oxygen atoms in total. The summed E-state index contributed by atoms with van der Waals surface area (Å²) >= 11 is 1.26. The van der Waals surface area contributed by atoms with Crippen molar-refractivity contribution in [3.05, 3.63) is 45.6 Å². The van der Waals surface area contributed by atoms with E-state index in [0.29, 0.717) is 4.88 Å². The van der Waals surface area contributed by atoms with Crippen molar-refractivity contribution < 1.29 is 9.90 Å². The molecule has 5 heteroatoms. The van der Waals surface area contributed by atoms with Gasteiger partial charge < -0.3 is 5.11 Å². The van der Waals surface area contributed by atoms with Gasteiger partial charge in [0, 0.05) is 17.0 Å². The van der Waals surface area contributed by atoms with E-state index in [0.717, 1.165) is 40.4 Å². The molecule has 3 rings (SSSR count). The molecule has 0 saturated carbocycles. The molecular formula is C18H20N2O2S. The predicted molar refractivity (Wildman–Crippen MR) is 93.7 cm³/mol. The van der Waals surface area contributed by atoms with Crippen molar-refractivity contribution in [3.8, 4) is 11.3 Å². The van der Waals surface area contributed by atoms with Gasteiger partial charge >= 0.3 is 5.97 Å². The zero-order chi connectivity index (χ0) is 16.7. The quantitative estimate of drug-likeness (QED) is 0.759. The Morgan fingerprint density at radius 3 is 2.61 bits per heavy atom. The van der Waals surface area contributed by atoms with E-state index < -0.39 is 5.97 Å². The lowest BCUT2D eigenvalue weighted by Gasteiger charge is -2.06. The van der Waals surface area contributed by atoms with Crippen molar-refractivity contribution in [2.45, 2.75) is 40.5 Å². The fourth-order valence-corrected chi connectivity index (χ4v) is 3.96. The van der Waals surface area contributed by atoms with Gasteiger partial charge in [-0.1, -0.05) is 36.8 Å². The van der Waals surface area contributed by atoms with Crippen LogP contribution in [0.25, 0.3) is 16.2 Å². The second kappa shape index (κ2) is 5.81. The Morgan fingerprint density at radius 1 is 1.26 bits per heavy atom. The highest BCUT2D eigenvalue weighted by molar-refractivity contribution is 7.19. The first-order valence-electron chi connectivity index (χ1n) is 7.75. The molecule has 0 amide bonds. The number of aryl methyl sites for hydroxylation is 4. The Balaban J connectivity index is 2.23. The second-order valence-electron chi connectivity index (χ2n) is 5.90. The third-order valence-electron chi connectivity index (χ3n) is 4.26.